The molecule has 0 aliphatic carbocycles. The first-order valence-electron chi connectivity index (χ1n) is 10.9. The number of terminal acetylenes is 2. The Hall–Kier alpha value is -1.45. The van der Waals surface area contributed by atoms with E-state index in [1.54, 1.807) is 0 Å². The molecule has 0 amide bonds. The lowest BCUT2D eigenvalue weighted by Gasteiger charge is -1.99. The van der Waals surface area contributed by atoms with E-state index in [2.05, 4.69) is 11.8 Å². The molecule has 0 saturated heterocycles. The molecule has 0 heterocycles. The zero-order valence-corrected chi connectivity index (χ0v) is 17.4. The van der Waals surface area contributed by atoms with Crippen molar-refractivity contribution in [1.29, 1.82) is 0 Å². The summed E-state index contributed by atoms with van der Waals surface area (Å²) in [7, 11) is 0. The average molecular weight is 379 g/mol. The van der Waals surface area contributed by atoms with Gasteiger partial charge in [0.15, 0.2) is 0 Å². The summed E-state index contributed by atoms with van der Waals surface area (Å²) in [6.45, 7) is 0.349. The zero-order valence-electron chi connectivity index (χ0n) is 17.4. The third kappa shape index (κ3) is 32.7. The molecule has 2 N–H and O–H groups in total. The van der Waals surface area contributed by atoms with Gasteiger partial charge in [-0.25, -0.2) is 0 Å². The molecular weight excluding hydrogens is 336 g/mol. The van der Waals surface area contributed by atoms with E-state index in [4.69, 9.17) is 23.1 Å². The number of hydrogen-bond acceptors (Lipinski definition) is 2. The number of carboxylic acid groups (broad SMARTS) is 1. The van der Waals surface area contributed by atoms with Gasteiger partial charge in [-0.3, -0.25) is 4.79 Å². The van der Waals surface area contributed by atoms with Crippen LogP contribution < -0.4 is 0 Å². The minimum Gasteiger partial charge on any atom is -0.481 e. The Labute approximate surface area is 168 Å². The van der Waals surface area contributed by atoms with Gasteiger partial charge in [0.1, 0.15) is 0 Å². The predicted molar refractivity (Wildman–Crippen MR) is 115 cm³/mol. The van der Waals surface area contributed by atoms with Crippen molar-refractivity contribution in [1.82, 2.24) is 0 Å². The number of aliphatic hydroxyl groups is 1. The highest BCUT2D eigenvalue weighted by atomic mass is 16.4. The molecular formula is C24H42O3. The van der Waals surface area contributed by atoms with Gasteiger partial charge in [0.05, 0.1) is 0 Å². The lowest BCUT2D eigenvalue weighted by Crippen LogP contribution is -1.93. The van der Waals surface area contributed by atoms with Crippen LogP contribution in [0.2, 0.25) is 0 Å². The van der Waals surface area contributed by atoms with E-state index in [1.807, 2.05) is 0 Å². The molecule has 0 aliphatic heterocycles. The molecule has 0 saturated carbocycles. The highest BCUT2D eigenvalue weighted by Gasteiger charge is 1.96. The van der Waals surface area contributed by atoms with E-state index in [0.29, 0.717) is 13.0 Å². The fourth-order valence-electron chi connectivity index (χ4n) is 2.79. The van der Waals surface area contributed by atoms with E-state index in [9.17, 15) is 4.79 Å². The average Bonchev–Trinajstić information content (AvgIpc) is 2.66. The number of aliphatic hydroxyl groups excluding tert-OH is 1. The van der Waals surface area contributed by atoms with Crippen molar-refractivity contribution in [2.75, 3.05) is 6.61 Å². The molecule has 0 rings (SSSR count). The second-order valence-electron chi connectivity index (χ2n) is 7.08. The maximum atomic E-state index is 10.2. The zero-order chi connectivity index (χ0) is 20.4. The van der Waals surface area contributed by atoms with E-state index in [1.165, 1.54) is 64.2 Å². The first kappa shape index (κ1) is 27.8. The van der Waals surface area contributed by atoms with Gasteiger partial charge in [-0.2, -0.15) is 0 Å². The number of aliphatic carboxylic acids is 1. The Morgan fingerprint density at radius 1 is 0.593 bits per heavy atom. The summed E-state index contributed by atoms with van der Waals surface area (Å²) < 4.78 is 0. The quantitative estimate of drug-likeness (QED) is 0.216. The van der Waals surface area contributed by atoms with Crippen molar-refractivity contribution in [2.45, 2.75) is 116 Å². The van der Waals surface area contributed by atoms with E-state index in [0.717, 1.165) is 44.9 Å². The topological polar surface area (TPSA) is 57.5 Å². The van der Waals surface area contributed by atoms with Crippen LogP contribution in [-0.4, -0.2) is 22.8 Å². The van der Waals surface area contributed by atoms with Crippen molar-refractivity contribution in [3.63, 3.8) is 0 Å². The summed E-state index contributed by atoms with van der Waals surface area (Å²) in [5, 5.41) is 16.9. The normalized spacial score (nSPS) is 9.74. The van der Waals surface area contributed by atoms with Crippen LogP contribution in [0.5, 0.6) is 0 Å². The molecule has 0 spiro atoms. The molecule has 0 bridgehead atoms. The second kappa shape index (κ2) is 26.8. The minimum absolute atomic E-state index is 0.317. The van der Waals surface area contributed by atoms with Crippen LogP contribution in [0.4, 0.5) is 0 Å². The fourth-order valence-corrected chi connectivity index (χ4v) is 2.79. The van der Waals surface area contributed by atoms with Crippen LogP contribution in [0.1, 0.15) is 116 Å². The first-order valence-corrected chi connectivity index (χ1v) is 10.9. The van der Waals surface area contributed by atoms with Crippen molar-refractivity contribution >= 4 is 5.97 Å². The number of hydrogen-bond donors (Lipinski definition) is 2. The number of unbranched alkanes of at least 4 members (excludes halogenated alkanes) is 15. The molecule has 156 valence electrons. The number of carboxylic acids is 1. The van der Waals surface area contributed by atoms with Crippen molar-refractivity contribution in [2.24, 2.45) is 0 Å². The Bertz CT molecular complexity index is 376. The van der Waals surface area contributed by atoms with Gasteiger partial charge in [0.2, 0.25) is 0 Å². The lowest BCUT2D eigenvalue weighted by molar-refractivity contribution is -0.137. The predicted octanol–water partition coefficient (Wildman–Crippen LogP) is 6.34. The molecule has 0 radical (unpaired) electrons. The first-order chi connectivity index (χ1) is 13.2. The monoisotopic (exact) mass is 378 g/mol. The van der Waals surface area contributed by atoms with Crippen LogP contribution in [-0.2, 0) is 4.79 Å². The van der Waals surface area contributed by atoms with Gasteiger partial charge < -0.3 is 10.2 Å². The van der Waals surface area contributed by atoms with Crippen molar-refractivity contribution in [3.05, 3.63) is 0 Å². The number of rotatable bonds is 18. The molecule has 0 aromatic rings. The van der Waals surface area contributed by atoms with Crippen LogP contribution in [0.3, 0.4) is 0 Å². The van der Waals surface area contributed by atoms with Crippen molar-refractivity contribution in [3.8, 4) is 24.7 Å². The van der Waals surface area contributed by atoms with Crippen LogP contribution in [0, 0.1) is 24.7 Å². The largest absolute Gasteiger partial charge is 0.481 e. The summed E-state index contributed by atoms with van der Waals surface area (Å²) in [4.78, 5) is 10.2. The van der Waals surface area contributed by atoms with Gasteiger partial charge in [-0.05, 0) is 25.7 Å². The maximum Gasteiger partial charge on any atom is 0.303 e. The Morgan fingerprint density at radius 3 is 1.26 bits per heavy atom. The van der Waals surface area contributed by atoms with E-state index < -0.39 is 5.97 Å². The standard InChI is InChI=1S/C12H20O2.C12H22O/c1-2-3-4-5-6-7-8-9-10-11-12(13)14;1-2-3-4-5-6-7-8-9-10-11-12-13/h1H,3-11H2,(H,13,14);1,13H,3-12H2. The lowest BCUT2D eigenvalue weighted by atomic mass is 10.1. The third-order valence-corrected chi connectivity index (χ3v) is 4.44. The van der Waals surface area contributed by atoms with Gasteiger partial charge >= 0.3 is 5.97 Å². The van der Waals surface area contributed by atoms with Crippen molar-refractivity contribution < 1.29 is 15.0 Å². The Balaban J connectivity index is 0. The summed E-state index contributed by atoms with van der Waals surface area (Å²) in [5.41, 5.74) is 0. The van der Waals surface area contributed by atoms with Gasteiger partial charge in [-0.1, -0.05) is 70.6 Å². The minimum atomic E-state index is -0.681. The molecule has 0 aromatic heterocycles. The van der Waals surface area contributed by atoms with Crippen LogP contribution >= 0.6 is 0 Å². The molecule has 3 nitrogen and oxygen atoms in total. The van der Waals surface area contributed by atoms with Gasteiger partial charge in [0.25, 0.3) is 0 Å². The van der Waals surface area contributed by atoms with E-state index >= 15 is 0 Å². The molecule has 3 heteroatoms. The Kier molecular flexibility index (Phi) is 27.5. The highest BCUT2D eigenvalue weighted by Crippen LogP contribution is 2.10. The van der Waals surface area contributed by atoms with Crippen LogP contribution in [0.15, 0.2) is 0 Å². The van der Waals surface area contributed by atoms with Gasteiger partial charge in [0, 0.05) is 25.9 Å². The molecule has 0 unspecified atom stereocenters. The fraction of sp³-hybridized carbons (Fsp3) is 0.792. The Morgan fingerprint density at radius 2 is 0.926 bits per heavy atom. The maximum absolute atomic E-state index is 10.2. The molecule has 0 aromatic carbocycles. The van der Waals surface area contributed by atoms with Gasteiger partial charge in [-0.15, -0.1) is 24.7 Å². The highest BCUT2D eigenvalue weighted by molar-refractivity contribution is 5.66. The summed E-state index contributed by atoms with van der Waals surface area (Å²) >= 11 is 0. The molecule has 0 atom stereocenters. The second-order valence-corrected chi connectivity index (χ2v) is 7.08. The summed E-state index contributed by atoms with van der Waals surface area (Å²) in [6.07, 6.45) is 30.1. The smallest absolute Gasteiger partial charge is 0.303 e. The van der Waals surface area contributed by atoms with Crippen LogP contribution in [0.25, 0.3) is 0 Å². The SMILES string of the molecule is C#CCCCCCCCCCC(=O)O.C#CCCCCCCCCCCO. The molecule has 27 heavy (non-hydrogen) atoms. The third-order valence-electron chi connectivity index (χ3n) is 4.44. The summed E-state index contributed by atoms with van der Waals surface area (Å²) in [5.74, 6) is 4.60. The molecule has 0 fully saturated rings. The number of carbonyl (C=O) groups is 1. The molecule has 0 aliphatic rings. The summed E-state index contributed by atoms with van der Waals surface area (Å²) in [6, 6.07) is 0. The van der Waals surface area contributed by atoms with E-state index in [-0.39, 0.29) is 0 Å².